The summed E-state index contributed by atoms with van der Waals surface area (Å²) >= 11 is 1.50. The first-order chi connectivity index (χ1) is 18.6. The van der Waals surface area contributed by atoms with E-state index in [0.717, 1.165) is 67.8 Å². The summed E-state index contributed by atoms with van der Waals surface area (Å²) in [6, 6.07) is 5.70. The van der Waals surface area contributed by atoms with Gasteiger partial charge in [0.2, 0.25) is 0 Å². The van der Waals surface area contributed by atoms with Crippen molar-refractivity contribution in [3.05, 3.63) is 79.8 Å². The molecule has 6 nitrogen and oxygen atoms in total. The number of piperidine rings is 1. The molecule has 38 heavy (non-hydrogen) atoms. The summed E-state index contributed by atoms with van der Waals surface area (Å²) in [5.74, 6) is 2.01. The molecule has 0 spiro atoms. The number of ether oxygens (including phenoxy) is 1. The second kappa shape index (κ2) is 12.7. The third-order valence-corrected chi connectivity index (χ3v) is 8.03. The molecule has 200 valence electrons. The van der Waals surface area contributed by atoms with Gasteiger partial charge in [-0.3, -0.25) is 14.3 Å². The fourth-order valence-electron chi connectivity index (χ4n) is 5.69. The van der Waals surface area contributed by atoms with Crippen LogP contribution in [0.25, 0.3) is 17.7 Å². The van der Waals surface area contributed by atoms with Crippen LogP contribution in [0.15, 0.2) is 57.8 Å². The highest BCUT2D eigenvalue weighted by Crippen LogP contribution is 2.27. The van der Waals surface area contributed by atoms with Crippen LogP contribution >= 0.6 is 11.3 Å². The summed E-state index contributed by atoms with van der Waals surface area (Å²) in [6.07, 6.45) is 16.3. The number of likely N-dealkylation sites (tertiary alicyclic amines) is 1. The maximum Gasteiger partial charge on any atom is 0.261 e. The third kappa shape index (κ3) is 6.33. The van der Waals surface area contributed by atoms with Gasteiger partial charge in [0.05, 0.1) is 16.1 Å². The van der Waals surface area contributed by atoms with Crippen LogP contribution in [-0.4, -0.2) is 45.2 Å². The largest absolute Gasteiger partial charge is 0.486 e. The van der Waals surface area contributed by atoms with E-state index < -0.39 is 0 Å². The lowest BCUT2D eigenvalue weighted by molar-refractivity contribution is 0.161. The topological polar surface area (TPSA) is 60.2 Å². The van der Waals surface area contributed by atoms with Gasteiger partial charge >= 0.3 is 0 Å². The zero-order chi connectivity index (χ0) is 26.3. The van der Waals surface area contributed by atoms with Crippen molar-refractivity contribution < 1.29 is 4.74 Å². The van der Waals surface area contributed by atoms with Crippen molar-refractivity contribution in [2.24, 2.45) is 5.92 Å². The number of nitrogens with zero attached hydrogens (tertiary/aromatic N) is 4. The van der Waals surface area contributed by atoms with Crippen molar-refractivity contribution in [3.63, 3.8) is 0 Å². The van der Waals surface area contributed by atoms with Gasteiger partial charge in [-0.05, 0) is 93.3 Å². The highest BCUT2D eigenvalue weighted by Gasteiger charge is 2.24. The SMILES string of the molecule is CCCN1CCC[C@H](Cn2c(C3=CCCC=C3C)nc3c(c2=O)=CC(Oc2cccncscc2)CC=3)C1. The molecule has 1 unspecified atom stereocenters. The molecule has 3 aliphatic rings. The maximum atomic E-state index is 14.1. The molecule has 3 heterocycles. The highest BCUT2D eigenvalue weighted by molar-refractivity contribution is 7.07. The Morgan fingerprint density at radius 1 is 1.18 bits per heavy atom. The molecule has 0 saturated carbocycles. The Kier molecular flexibility index (Phi) is 8.86. The molecule has 2 aromatic rings. The Balaban J connectivity index is 1.53. The van der Waals surface area contributed by atoms with Crippen LogP contribution in [0.2, 0.25) is 0 Å². The molecule has 7 heteroatoms. The van der Waals surface area contributed by atoms with Crippen LogP contribution in [0.3, 0.4) is 0 Å². The molecule has 2 atom stereocenters. The van der Waals surface area contributed by atoms with Crippen LogP contribution < -0.4 is 20.9 Å². The number of hydrogen-bond acceptors (Lipinski definition) is 6. The standard InChI is InChI=1S/C31H38N4O2S/c1-3-16-34-17-7-9-24(20-34)21-35-30(27-11-5-4-8-23(27)2)33-29-13-12-26(19-28(29)31(35)36)37-25-10-6-15-32-22-38-18-14-25/h6,8,10-11,13-15,18-19,22,24,26H,3-5,7,9,12,16-17,20-21H2,1-2H3/t24-,26?/m0/s1. The zero-order valence-electron chi connectivity index (χ0n) is 22.5. The van der Waals surface area contributed by atoms with E-state index in [1.165, 1.54) is 23.3 Å². The van der Waals surface area contributed by atoms with Crippen LogP contribution in [0.4, 0.5) is 0 Å². The Labute approximate surface area is 229 Å². The average molecular weight is 531 g/mol. The molecular weight excluding hydrogens is 492 g/mol. The van der Waals surface area contributed by atoms with Gasteiger partial charge in [0.15, 0.2) is 0 Å². The average Bonchev–Trinajstić information content (AvgIpc) is 3.05. The summed E-state index contributed by atoms with van der Waals surface area (Å²) in [4.78, 5) is 26.0. The van der Waals surface area contributed by atoms with Gasteiger partial charge in [0.25, 0.3) is 5.56 Å². The molecule has 1 fully saturated rings. The molecular formula is C31H38N4O2S. The molecule has 5 rings (SSSR count). The Morgan fingerprint density at radius 3 is 2.95 bits per heavy atom. The summed E-state index contributed by atoms with van der Waals surface area (Å²) in [5.41, 5.74) is 4.14. The molecule has 1 saturated heterocycles. The van der Waals surface area contributed by atoms with E-state index in [2.05, 4.69) is 42.0 Å². The van der Waals surface area contributed by atoms with E-state index >= 15 is 0 Å². The Bertz CT molecular complexity index is 1410. The van der Waals surface area contributed by atoms with Crippen molar-refractivity contribution in [2.45, 2.75) is 65.0 Å². The number of fused-ring (bicyclic) bond motifs is 1. The summed E-state index contributed by atoms with van der Waals surface area (Å²) in [7, 11) is 0. The second-order valence-corrected chi connectivity index (χ2v) is 11.2. The van der Waals surface area contributed by atoms with E-state index in [9.17, 15) is 4.79 Å². The molecule has 2 aliphatic carbocycles. The summed E-state index contributed by atoms with van der Waals surface area (Å²) in [6.45, 7) is 8.41. The molecule has 1 aliphatic heterocycles. The zero-order valence-corrected chi connectivity index (χ0v) is 23.3. The van der Waals surface area contributed by atoms with E-state index in [4.69, 9.17) is 9.72 Å². The number of rotatable bonds is 7. The van der Waals surface area contributed by atoms with Crippen LogP contribution in [0.5, 0.6) is 5.75 Å². The fourth-order valence-corrected chi connectivity index (χ4v) is 6.11. The van der Waals surface area contributed by atoms with E-state index in [1.54, 1.807) is 11.7 Å². The van der Waals surface area contributed by atoms with Crippen molar-refractivity contribution in [2.75, 3.05) is 19.6 Å². The lowest BCUT2D eigenvalue weighted by Crippen LogP contribution is -2.52. The molecule has 0 N–H and O–H groups in total. The van der Waals surface area contributed by atoms with Gasteiger partial charge in [-0.2, -0.15) is 0 Å². The molecule has 2 aromatic heterocycles. The monoisotopic (exact) mass is 530 g/mol. The highest BCUT2D eigenvalue weighted by atomic mass is 32.1. The predicted octanol–water partition coefficient (Wildman–Crippen LogP) is 4.48. The van der Waals surface area contributed by atoms with Crippen molar-refractivity contribution in [1.29, 1.82) is 0 Å². The van der Waals surface area contributed by atoms with E-state index in [1.807, 2.05) is 34.2 Å². The van der Waals surface area contributed by atoms with Crippen molar-refractivity contribution >= 4 is 29.1 Å². The summed E-state index contributed by atoms with van der Waals surface area (Å²) in [5, 5.41) is 3.38. The minimum atomic E-state index is -0.225. The number of allylic oxidation sites excluding steroid dienone is 4. The lowest BCUT2D eigenvalue weighted by Gasteiger charge is -2.33. The Morgan fingerprint density at radius 2 is 2.08 bits per heavy atom. The molecule has 0 radical (unpaired) electrons. The van der Waals surface area contributed by atoms with Gasteiger partial charge in [-0.1, -0.05) is 25.2 Å². The quantitative estimate of drug-likeness (QED) is 0.528. The van der Waals surface area contributed by atoms with E-state index in [-0.39, 0.29) is 11.7 Å². The predicted molar refractivity (Wildman–Crippen MR) is 156 cm³/mol. The van der Waals surface area contributed by atoms with Crippen LogP contribution in [0, 0.1) is 5.92 Å². The van der Waals surface area contributed by atoms with Gasteiger partial charge in [0, 0.05) is 31.3 Å². The minimum absolute atomic E-state index is 0.0456. The second-order valence-electron chi connectivity index (χ2n) is 10.4. The van der Waals surface area contributed by atoms with Crippen molar-refractivity contribution in [3.8, 4) is 5.75 Å². The van der Waals surface area contributed by atoms with Gasteiger partial charge in [0.1, 0.15) is 17.7 Å². The lowest BCUT2D eigenvalue weighted by atomic mass is 9.95. The molecule has 0 bridgehead atoms. The fraction of sp³-hybridized carbons (Fsp3) is 0.452. The molecule has 0 amide bonds. The van der Waals surface area contributed by atoms with Gasteiger partial charge < -0.3 is 9.64 Å². The number of aromatic nitrogens is 3. The first kappa shape index (κ1) is 26.6. The van der Waals surface area contributed by atoms with Gasteiger partial charge in [-0.25, -0.2) is 4.98 Å². The van der Waals surface area contributed by atoms with Crippen LogP contribution in [-0.2, 0) is 6.54 Å². The summed E-state index contributed by atoms with van der Waals surface area (Å²) < 4.78 is 8.26. The first-order valence-corrected chi connectivity index (χ1v) is 14.9. The Hall–Kier alpha value is -3.03. The normalized spacial score (nSPS) is 21.2. The minimum Gasteiger partial charge on any atom is -0.486 e. The maximum absolute atomic E-state index is 14.1. The molecule has 0 aromatic carbocycles. The van der Waals surface area contributed by atoms with Gasteiger partial charge in [-0.15, -0.1) is 11.3 Å². The van der Waals surface area contributed by atoms with Crippen LogP contribution in [0.1, 0.15) is 58.2 Å². The van der Waals surface area contributed by atoms with E-state index in [0.29, 0.717) is 24.1 Å². The third-order valence-electron chi connectivity index (χ3n) is 7.50. The first-order valence-electron chi connectivity index (χ1n) is 13.9. The smallest absolute Gasteiger partial charge is 0.261 e. The number of hydrogen-bond donors (Lipinski definition) is 0. The van der Waals surface area contributed by atoms with Crippen molar-refractivity contribution in [1.82, 2.24) is 19.4 Å².